The van der Waals surface area contributed by atoms with E-state index in [1.165, 1.54) is 0 Å². The van der Waals surface area contributed by atoms with E-state index in [2.05, 4.69) is 22.7 Å². The summed E-state index contributed by atoms with van der Waals surface area (Å²) < 4.78 is 50.2. The van der Waals surface area contributed by atoms with Gasteiger partial charge in [-0.05, 0) is 18.3 Å². The standard InChI is InChI=1S/C9H7F4N3OS/c10-6-2-7(17)4(3-15-16-8(14)18)1-5(6)9(11,12)13/h1-3,17H,(H3,14,16,18). The number of hydrogen-bond donors (Lipinski definition) is 3. The van der Waals surface area contributed by atoms with E-state index in [0.29, 0.717) is 12.1 Å². The predicted octanol–water partition coefficient (Wildman–Crippen LogP) is 1.72. The molecule has 0 aliphatic rings. The summed E-state index contributed by atoms with van der Waals surface area (Å²) in [6.07, 6.45) is -4.03. The maximum atomic E-state index is 13.0. The number of thiocarbonyl (C=S) groups is 1. The van der Waals surface area contributed by atoms with Crippen LogP contribution < -0.4 is 11.2 Å². The molecule has 0 amide bonds. The highest BCUT2D eigenvalue weighted by atomic mass is 32.1. The number of phenolic OH excluding ortho intramolecular Hbond substituents is 1. The molecule has 0 aromatic heterocycles. The van der Waals surface area contributed by atoms with Crippen molar-refractivity contribution in [3.63, 3.8) is 0 Å². The summed E-state index contributed by atoms with van der Waals surface area (Å²) >= 11 is 4.40. The van der Waals surface area contributed by atoms with Crippen molar-refractivity contribution in [3.8, 4) is 5.75 Å². The van der Waals surface area contributed by atoms with Crippen molar-refractivity contribution in [1.29, 1.82) is 0 Å². The Morgan fingerprint density at radius 3 is 2.56 bits per heavy atom. The van der Waals surface area contributed by atoms with E-state index in [9.17, 15) is 22.7 Å². The minimum absolute atomic E-state index is 0.205. The highest BCUT2D eigenvalue weighted by Crippen LogP contribution is 2.34. The second kappa shape index (κ2) is 5.17. The lowest BCUT2D eigenvalue weighted by Crippen LogP contribution is -2.24. The van der Waals surface area contributed by atoms with Gasteiger partial charge in [0.25, 0.3) is 0 Å². The zero-order valence-electron chi connectivity index (χ0n) is 8.62. The van der Waals surface area contributed by atoms with Crippen LogP contribution in [-0.2, 0) is 6.18 Å². The summed E-state index contributed by atoms with van der Waals surface area (Å²) in [5.74, 6) is -2.26. The fourth-order valence-electron chi connectivity index (χ4n) is 1.07. The lowest BCUT2D eigenvalue weighted by atomic mass is 10.1. The molecule has 0 atom stereocenters. The van der Waals surface area contributed by atoms with Gasteiger partial charge in [0.1, 0.15) is 11.6 Å². The van der Waals surface area contributed by atoms with Gasteiger partial charge in [0.2, 0.25) is 0 Å². The zero-order chi connectivity index (χ0) is 13.9. The number of nitrogens with one attached hydrogen (secondary N) is 1. The number of benzene rings is 1. The lowest BCUT2D eigenvalue weighted by molar-refractivity contribution is -0.140. The van der Waals surface area contributed by atoms with Gasteiger partial charge in [0, 0.05) is 11.6 Å². The maximum Gasteiger partial charge on any atom is 0.419 e. The van der Waals surface area contributed by atoms with E-state index >= 15 is 0 Å². The second-order valence-corrected chi connectivity index (χ2v) is 3.56. The van der Waals surface area contributed by atoms with Crippen molar-refractivity contribution in [2.45, 2.75) is 6.18 Å². The van der Waals surface area contributed by atoms with Gasteiger partial charge >= 0.3 is 6.18 Å². The van der Waals surface area contributed by atoms with Crippen LogP contribution in [0.25, 0.3) is 0 Å². The first-order valence-corrected chi connectivity index (χ1v) is 4.81. The van der Waals surface area contributed by atoms with E-state index in [-0.39, 0.29) is 10.7 Å². The van der Waals surface area contributed by atoms with Crippen molar-refractivity contribution < 1.29 is 22.7 Å². The molecule has 4 nitrogen and oxygen atoms in total. The predicted molar refractivity (Wildman–Crippen MR) is 60.6 cm³/mol. The molecule has 1 aromatic rings. The normalized spacial score (nSPS) is 11.8. The average Bonchev–Trinajstić information content (AvgIpc) is 2.18. The van der Waals surface area contributed by atoms with Crippen molar-refractivity contribution in [2.24, 2.45) is 10.8 Å². The number of nitrogens with zero attached hydrogens (tertiary/aromatic N) is 1. The highest BCUT2D eigenvalue weighted by Gasteiger charge is 2.34. The Labute approximate surface area is 104 Å². The molecule has 0 saturated carbocycles. The molecule has 1 aromatic carbocycles. The molecule has 0 unspecified atom stereocenters. The summed E-state index contributed by atoms with van der Waals surface area (Å²) in [5.41, 5.74) is 5.28. The van der Waals surface area contributed by atoms with Crippen molar-refractivity contribution in [2.75, 3.05) is 0 Å². The van der Waals surface area contributed by atoms with E-state index in [1.807, 2.05) is 0 Å². The largest absolute Gasteiger partial charge is 0.507 e. The van der Waals surface area contributed by atoms with Gasteiger partial charge in [-0.25, -0.2) is 4.39 Å². The number of aromatic hydroxyl groups is 1. The fourth-order valence-corrected chi connectivity index (χ4v) is 1.12. The lowest BCUT2D eigenvalue weighted by Gasteiger charge is -2.09. The molecule has 0 aliphatic carbocycles. The molecule has 0 fully saturated rings. The summed E-state index contributed by atoms with van der Waals surface area (Å²) in [6, 6.07) is 0.778. The Morgan fingerprint density at radius 1 is 1.44 bits per heavy atom. The molecule has 98 valence electrons. The third-order valence-electron chi connectivity index (χ3n) is 1.80. The number of nitrogens with two attached hydrogens (primary N) is 1. The van der Waals surface area contributed by atoms with Crippen LogP contribution in [0.15, 0.2) is 17.2 Å². The fraction of sp³-hybridized carbons (Fsp3) is 0.111. The number of alkyl halides is 3. The summed E-state index contributed by atoms with van der Waals surface area (Å²) in [7, 11) is 0. The SMILES string of the molecule is NC(=S)NN=Cc1cc(C(F)(F)F)c(F)cc1O. The quantitative estimate of drug-likeness (QED) is 0.334. The number of phenols is 1. The minimum Gasteiger partial charge on any atom is -0.507 e. The van der Waals surface area contributed by atoms with Gasteiger partial charge in [-0.3, -0.25) is 5.43 Å². The summed E-state index contributed by atoms with van der Waals surface area (Å²) in [4.78, 5) is 0. The third-order valence-corrected chi connectivity index (χ3v) is 1.89. The van der Waals surface area contributed by atoms with E-state index in [1.54, 1.807) is 0 Å². The third kappa shape index (κ3) is 3.55. The van der Waals surface area contributed by atoms with E-state index < -0.39 is 23.3 Å². The molecule has 0 aliphatic heterocycles. The zero-order valence-corrected chi connectivity index (χ0v) is 9.44. The number of rotatable bonds is 2. The number of halogens is 4. The summed E-state index contributed by atoms with van der Waals surface area (Å²) in [6.45, 7) is 0. The molecule has 0 heterocycles. The van der Waals surface area contributed by atoms with Crippen LogP contribution >= 0.6 is 12.2 Å². The molecule has 0 radical (unpaired) electrons. The Morgan fingerprint density at radius 2 is 2.06 bits per heavy atom. The highest BCUT2D eigenvalue weighted by molar-refractivity contribution is 7.80. The first-order chi connectivity index (χ1) is 8.21. The van der Waals surface area contributed by atoms with Gasteiger partial charge in [-0.15, -0.1) is 0 Å². The molecule has 0 spiro atoms. The van der Waals surface area contributed by atoms with Crippen molar-refractivity contribution >= 4 is 23.5 Å². The van der Waals surface area contributed by atoms with Gasteiger partial charge in [-0.2, -0.15) is 18.3 Å². The average molecular weight is 281 g/mol. The Kier molecular flexibility index (Phi) is 4.07. The van der Waals surface area contributed by atoms with Crippen LogP contribution in [0.3, 0.4) is 0 Å². The van der Waals surface area contributed by atoms with Crippen molar-refractivity contribution in [3.05, 3.63) is 29.1 Å². The van der Waals surface area contributed by atoms with Gasteiger partial charge in [-0.1, -0.05) is 0 Å². The topological polar surface area (TPSA) is 70.6 Å². The van der Waals surface area contributed by atoms with Crippen LogP contribution in [0, 0.1) is 5.82 Å². The second-order valence-electron chi connectivity index (χ2n) is 3.12. The van der Waals surface area contributed by atoms with Crippen molar-refractivity contribution in [1.82, 2.24) is 5.43 Å². The molecule has 0 saturated heterocycles. The van der Waals surface area contributed by atoms with E-state index in [0.717, 1.165) is 6.21 Å². The first kappa shape index (κ1) is 14.2. The van der Waals surface area contributed by atoms with Gasteiger partial charge < -0.3 is 10.8 Å². The molecule has 1 rings (SSSR count). The number of hydrazone groups is 1. The monoisotopic (exact) mass is 281 g/mol. The molecular formula is C9H7F4N3OS. The first-order valence-electron chi connectivity index (χ1n) is 4.40. The van der Waals surface area contributed by atoms with E-state index in [4.69, 9.17) is 5.73 Å². The Balaban J connectivity index is 3.13. The molecule has 9 heteroatoms. The molecular weight excluding hydrogens is 274 g/mol. The van der Waals surface area contributed by atoms with Gasteiger partial charge in [0.05, 0.1) is 11.8 Å². The molecule has 4 N–H and O–H groups in total. The number of hydrogen-bond acceptors (Lipinski definition) is 3. The molecule has 0 bridgehead atoms. The van der Waals surface area contributed by atoms with Crippen LogP contribution in [0.5, 0.6) is 5.75 Å². The Bertz CT molecular complexity index is 501. The molecule has 18 heavy (non-hydrogen) atoms. The van der Waals surface area contributed by atoms with Gasteiger partial charge in [0.15, 0.2) is 5.11 Å². The maximum absolute atomic E-state index is 13.0. The smallest absolute Gasteiger partial charge is 0.419 e. The minimum atomic E-state index is -4.86. The Hall–Kier alpha value is -1.90. The van der Waals surface area contributed by atoms with Crippen LogP contribution in [-0.4, -0.2) is 16.4 Å². The summed E-state index contributed by atoms with van der Waals surface area (Å²) in [5, 5.41) is 12.4. The van der Waals surface area contributed by atoms with Crippen LogP contribution in [0.1, 0.15) is 11.1 Å². The van der Waals surface area contributed by atoms with Crippen LogP contribution in [0.4, 0.5) is 17.6 Å². The van der Waals surface area contributed by atoms with Crippen LogP contribution in [0.2, 0.25) is 0 Å².